The van der Waals surface area contributed by atoms with Crippen LogP contribution in [0, 0.1) is 11.3 Å². The van der Waals surface area contributed by atoms with Crippen LogP contribution in [0.3, 0.4) is 0 Å². The summed E-state index contributed by atoms with van der Waals surface area (Å²) in [6.07, 6.45) is 1.27. The first-order chi connectivity index (χ1) is 8.70. The zero-order chi connectivity index (χ0) is 13.0. The lowest BCUT2D eigenvalue weighted by molar-refractivity contribution is -0.137. The molecule has 1 aromatic carbocycles. The third-order valence-corrected chi connectivity index (χ3v) is 2.35. The maximum atomic E-state index is 11.1. The number of rotatable bonds is 4. The van der Waals surface area contributed by atoms with Crippen molar-refractivity contribution in [2.24, 2.45) is 0 Å². The van der Waals surface area contributed by atoms with Crippen LogP contribution in [-0.4, -0.2) is 23.9 Å². The van der Waals surface area contributed by atoms with Crippen LogP contribution < -0.4 is 5.32 Å². The van der Waals surface area contributed by atoms with Gasteiger partial charge in [-0.05, 0) is 24.3 Å². The lowest BCUT2D eigenvalue weighted by Gasteiger charge is -2.15. The number of nitrogens with zero attached hydrogens (tertiary/aromatic N) is 1. The lowest BCUT2D eigenvalue weighted by atomic mass is 10.2. The van der Waals surface area contributed by atoms with E-state index in [0.717, 1.165) is 0 Å². The van der Waals surface area contributed by atoms with E-state index < -0.39 is 12.0 Å². The number of hydrogen-bond acceptors (Lipinski definition) is 5. The molecule has 0 aliphatic carbocycles. The molecule has 92 valence electrons. The highest BCUT2D eigenvalue weighted by atomic mass is 16.7. The van der Waals surface area contributed by atoms with Crippen LogP contribution in [0.25, 0.3) is 0 Å². The molecular weight excluding hydrogens is 236 g/mol. The van der Waals surface area contributed by atoms with Gasteiger partial charge in [0.05, 0.1) is 11.6 Å². The summed E-state index contributed by atoms with van der Waals surface area (Å²) in [5, 5.41) is 20.6. The number of ether oxygens (including phenoxy) is 2. The van der Waals surface area contributed by atoms with E-state index in [0.29, 0.717) is 11.3 Å². The Balaban J connectivity index is 2.13. The fourth-order valence-corrected chi connectivity index (χ4v) is 1.47. The fourth-order valence-electron chi connectivity index (χ4n) is 1.47. The highest BCUT2D eigenvalue weighted by molar-refractivity contribution is 5.80. The zero-order valence-corrected chi connectivity index (χ0v) is 9.29. The first-order valence-corrected chi connectivity index (χ1v) is 5.14. The number of aliphatic carboxylic acids is 1. The molecule has 0 bridgehead atoms. The van der Waals surface area contributed by atoms with Crippen molar-refractivity contribution in [3.8, 4) is 6.07 Å². The maximum Gasteiger partial charge on any atom is 0.334 e. The van der Waals surface area contributed by atoms with Gasteiger partial charge < -0.3 is 19.9 Å². The molecule has 0 fully saturated rings. The fraction of sp³-hybridized carbons (Fsp3) is 0.167. The van der Waals surface area contributed by atoms with Crippen LogP contribution in [0.2, 0.25) is 0 Å². The minimum atomic E-state index is -1.07. The molecule has 1 aliphatic rings. The summed E-state index contributed by atoms with van der Waals surface area (Å²) in [7, 11) is 0. The van der Waals surface area contributed by atoms with E-state index in [4.69, 9.17) is 19.8 Å². The van der Waals surface area contributed by atoms with Gasteiger partial charge in [0.1, 0.15) is 6.26 Å². The maximum absolute atomic E-state index is 11.1. The molecular formula is C12H10N2O4. The first-order valence-electron chi connectivity index (χ1n) is 5.14. The number of carboxylic acids is 1. The van der Waals surface area contributed by atoms with Gasteiger partial charge in [0.25, 0.3) is 0 Å². The summed E-state index contributed by atoms with van der Waals surface area (Å²) in [6, 6.07) is 7.43. The highest BCUT2D eigenvalue weighted by Gasteiger charge is 2.26. The minimum Gasteiger partial charge on any atom is -0.479 e. The van der Waals surface area contributed by atoms with Gasteiger partial charge in [0.2, 0.25) is 6.79 Å². The number of nitrogens with one attached hydrogen (secondary N) is 1. The van der Waals surface area contributed by atoms with Crippen molar-refractivity contribution in [2.45, 2.75) is 6.04 Å². The molecule has 1 aromatic rings. The Labute approximate surface area is 103 Å². The molecule has 6 heteroatoms. The Kier molecular flexibility index (Phi) is 3.34. The molecule has 0 saturated heterocycles. The molecule has 0 radical (unpaired) electrons. The average Bonchev–Trinajstić information content (AvgIpc) is 2.90. The Morgan fingerprint density at radius 2 is 2.17 bits per heavy atom. The lowest BCUT2D eigenvalue weighted by Crippen LogP contribution is -2.31. The third kappa shape index (κ3) is 2.52. The standard InChI is InChI=1S/C12H10N2O4/c13-5-8-1-3-9(4-2-8)14-11(12(15)16)10-6-17-7-18-10/h1-4,6,11,14H,7H2,(H,15,16). The van der Waals surface area contributed by atoms with Gasteiger partial charge in [0, 0.05) is 5.69 Å². The normalized spacial score (nSPS) is 14.7. The van der Waals surface area contributed by atoms with Gasteiger partial charge in [-0.25, -0.2) is 4.79 Å². The average molecular weight is 246 g/mol. The van der Waals surface area contributed by atoms with Gasteiger partial charge >= 0.3 is 5.97 Å². The number of hydrogen-bond donors (Lipinski definition) is 2. The van der Waals surface area contributed by atoms with Crippen LogP contribution >= 0.6 is 0 Å². The molecule has 6 nitrogen and oxygen atoms in total. The molecule has 1 atom stereocenters. The molecule has 1 unspecified atom stereocenters. The van der Waals surface area contributed by atoms with E-state index >= 15 is 0 Å². The first kappa shape index (κ1) is 11.8. The van der Waals surface area contributed by atoms with Gasteiger partial charge in [-0.1, -0.05) is 0 Å². The smallest absolute Gasteiger partial charge is 0.334 e. The Bertz CT molecular complexity index is 516. The van der Waals surface area contributed by atoms with Gasteiger partial charge in [0.15, 0.2) is 11.8 Å². The SMILES string of the molecule is N#Cc1ccc(NC(C(=O)O)C2=COCO2)cc1. The second kappa shape index (κ2) is 5.10. The van der Waals surface area contributed by atoms with Crippen molar-refractivity contribution >= 4 is 11.7 Å². The van der Waals surface area contributed by atoms with Gasteiger partial charge in [-0.15, -0.1) is 0 Å². The van der Waals surface area contributed by atoms with Crippen molar-refractivity contribution < 1.29 is 19.4 Å². The van der Waals surface area contributed by atoms with Crippen LogP contribution in [0.1, 0.15) is 5.56 Å². The van der Waals surface area contributed by atoms with E-state index in [1.54, 1.807) is 24.3 Å². The summed E-state index contributed by atoms with van der Waals surface area (Å²) in [5.74, 6) is -0.858. The number of benzene rings is 1. The summed E-state index contributed by atoms with van der Waals surface area (Å²) in [5.41, 5.74) is 1.09. The topological polar surface area (TPSA) is 91.6 Å². The van der Waals surface area contributed by atoms with Gasteiger partial charge in [-0.3, -0.25) is 0 Å². The molecule has 0 saturated carbocycles. The van der Waals surface area contributed by atoms with Crippen LogP contribution in [0.5, 0.6) is 0 Å². The number of carboxylic acid groups (broad SMARTS) is 1. The molecule has 1 aliphatic heterocycles. The van der Waals surface area contributed by atoms with Crippen LogP contribution in [-0.2, 0) is 14.3 Å². The van der Waals surface area contributed by atoms with Crippen LogP contribution in [0.15, 0.2) is 36.3 Å². The number of carbonyl (C=O) groups is 1. The third-order valence-electron chi connectivity index (χ3n) is 2.35. The minimum absolute atomic E-state index is 0.0220. The van der Waals surface area contributed by atoms with E-state index in [9.17, 15) is 4.79 Å². The van der Waals surface area contributed by atoms with E-state index in [1.807, 2.05) is 6.07 Å². The predicted molar refractivity (Wildman–Crippen MR) is 61.3 cm³/mol. The number of nitriles is 1. The molecule has 18 heavy (non-hydrogen) atoms. The Morgan fingerprint density at radius 3 is 2.67 bits per heavy atom. The summed E-state index contributed by atoms with van der Waals surface area (Å²) >= 11 is 0. The summed E-state index contributed by atoms with van der Waals surface area (Å²) < 4.78 is 9.87. The summed E-state index contributed by atoms with van der Waals surface area (Å²) in [6.45, 7) is 0.0220. The van der Waals surface area contributed by atoms with Crippen molar-refractivity contribution in [1.29, 1.82) is 5.26 Å². The van der Waals surface area contributed by atoms with Crippen molar-refractivity contribution in [2.75, 3.05) is 12.1 Å². The molecule has 0 aromatic heterocycles. The number of anilines is 1. The molecule has 1 heterocycles. The summed E-state index contributed by atoms with van der Waals surface area (Å²) in [4.78, 5) is 11.1. The van der Waals surface area contributed by atoms with E-state index in [1.165, 1.54) is 6.26 Å². The largest absolute Gasteiger partial charge is 0.479 e. The van der Waals surface area contributed by atoms with E-state index in [2.05, 4.69) is 5.32 Å². The molecule has 2 rings (SSSR count). The van der Waals surface area contributed by atoms with Crippen molar-refractivity contribution in [1.82, 2.24) is 0 Å². The second-order valence-electron chi connectivity index (χ2n) is 3.55. The highest BCUT2D eigenvalue weighted by Crippen LogP contribution is 2.17. The Hall–Kier alpha value is -2.68. The van der Waals surface area contributed by atoms with Crippen molar-refractivity contribution in [3.05, 3.63) is 41.9 Å². The molecule has 2 N–H and O–H groups in total. The van der Waals surface area contributed by atoms with Crippen LogP contribution in [0.4, 0.5) is 5.69 Å². The van der Waals surface area contributed by atoms with Crippen molar-refractivity contribution in [3.63, 3.8) is 0 Å². The quantitative estimate of drug-likeness (QED) is 0.831. The van der Waals surface area contributed by atoms with E-state index in [-0.39, 0.29) is 12.6 Å². The molecule has 0 amide bonds. The molecule has 0 spiro atoms. The monoisotopic (exact) mass is 246 g/mol. The zero-order valence-electron chi connectivity index (χ0n) is 9.29. The Morgan fingerprint density at radius 1 is 1.44 bits per heavy atom. The second-order valence-corrected chi connectivity index (χ2v) is 3.55. The van der Waals surface area contributed by atoms with Gasteiger partial charge in [-0.2, -0.15) is 5.26 Å². The predicted octanol–water partition coefficient (Wildman–Crippen LogP) is 1.27.